The summed E-state index contributed by atoms with van der Waals surface area (Å²) in [6, 6.07) is 4.42. The molecule has 96 valence electrons. The molecule has 0 amide bonds. The van der Waals surface area contributed by atoms with Crippen LogP contribution in [0.2, 0.25) is 0 Å². The average molecular weight is 244 g/mol. The fourth-order valence-electron chi connectivity index (χ4n) is 2.27. The van der Waals surface area contributed by atoms with E-state index in [-0.39, 0.29) is 6.61 Å². The van der Waals surface area contributed by atoms with Crippen molar-refractivity contribution in [3.05, 3.63) is 40.8 Å². The standard InChI is InChI=1S/C15H20N2O/c1-10-7-12(3)13(8-11(10)2)14-9-16-15(5-6-18)17(14)4/h7-9,18H,5-6H2,1-4H3. The van der Waals surface area contributed by atoms with E-state index < -0.39 is 0 Å². The smallest absolute Gasteiger partial charge is 0.111 e. The predicted molar refractivity (Wildman–Crippen MR) is 73.6 cm³/mol. The number of aryl methyl sites for hydroxylation is 3. The van der Waals surface area contributed by atoms with Crippen molar-refractivity contribution in [3.63, 3.8) is 0 Å². The molecule has 2 rings (SSSR count). The van der Waals surface area contributed by atoms with E-state index in [0.29, 0.717) is 6.42 Å². The van der Waals surface area contributed by atoms with Crippen LogP contribution in [-0.2, 0) is 13.5 Å². The van der Waals surface area contributed by atoms with Crippen LogP contribution in [0.15, 0.2) is 18.3 Å². The zero-order valence-electron chi connectivity index (χ0n) is 11.5. The number of aromatic nitrogens is 2. The molecule has 0 unspecified atom stereocenters. The van der Waals surface area contributed by atoms with Gasteiger partial charge in [-0.15, -0.1) is 0 Å². The van der Waals surface area contributed by atoms with Crippen molar-refractivity contribution in [1.82, 2.24) is 9.55 Å². The van der Waals surface area contributed by atoms with Gasteiger partial charge in [-0.1, -0.05) is 6.07 Å². The maximum absolute atomic E-state index is 9.01. The van der Waals surface area contributed by atoms with E-state index >= 15 is 0 Å². The van der Waals surface area contributed by atoms with Gasteiger partial charge in [-0.2, -0.15) is 0 Å². The molecule has 0 aliphatic rings. The summed E-state index contributed by atoms with van der Waals surface area (Å²) in [7, 11) is 2.00. The first-order chi connectivity index (χ1) is 8.54. The van der Waals surface area contributed by atoms with Crippen molar-refractivity contribution < 1.29 is 5.11 Å². The minimum absolute atomic E-state index is 0.135. The molecule has 0 fully saturated rings. The Bertz CT molecular complexity index is 570. The SMILES string of the molecule is Cc1cc(C)c(-c2cnc(CCO)n2C)cc1C. The average Bonchev–Trinajstić information content (AvgIpc) is 2.67. The third-order valence-electron chi connectivity index (χ3n) is 3.54. The number of imidazole rings is 1. The van der Waals surface area contributed by atoms with Crippen LogP contribution >= 0.6 is 0 Å². The molecule has 0 bridgehead atoms. The summed E-state index contributed by atoms with van der Waals surface area (Å²) in [6.45, 7) is 6.52. The summed E-state index contributed by atoms with van der Waals surface area (Å²) in [5.41, 5.74) is 6.20. The second-order valence-corrected chi connectivity index (χ2v) is 4.84. The van der Waals surface area contributed by atoms with Gasteiger partial charge >= 0.3 is 0 Å². The Morgan fingerprint density at radius 1 is 1.11 bits per heavy atom. The molecule has 1 N–H and O–H groups in total. The van der Waals surface area contributed by atoms with Crippen molar-refractivity contribution in [2.45, 2.75) is 27.2 Å². The van der Waals surface area contributed by atoms with Gasteiger partial charge in [-0.25, -0.2) is 4.98 Å². The van der Waals surface area contributed by atoms with Crippen LogP contribution in [0, 0.1) is 20.8 Å². The van der Waals surface area contributed by atoms with Gasteiger partial charge in [0.2, 0.25) is 0 Å². The minimum atomic E-state index is 0.135. The van der Waals surface area contributed by atoms with Crippen LogP contribution in [0.1, 0.15) is 22.5 Å². The number of aliphatic hydroxyl groups is 1. The van der Waals surface area contributed by atoms with Gasteiger partial charge in [0.25, 0.3) is 0 Å². The largest absolute Gasteiger partial charge is 0.396 e. The maximum atomic E-state index is 9.01. The first-order valence-electron chi connectivity index (χ1n) is 6.24. The Hall–Kier alpha value is -1.61. The van der Waals surface area contributed by atoms with Crippen LogP contribution < -0.4 is 0 Å². The fraction of sp³-hybridized carbons (Fsp3) is 0.400. The number of benzene rings is 1. The van der Waals surface area contributed by atoms with Gasteiger partial charge in [-0.3, -0.25) is 0 Å². The van der Waals surface area contributed by atoms with Crippen LogP contribution in [0.25, 0.3) is 11.3 Å². The number of nitrogens with zero attached hydrogens (tertiary/aromatic N) is 2. The van der Waals surface area contributed by atoms with Crippen molar-refractivity contribution in [2.75, 3.05) is 6.61 Å². The van der Waals surface area contributed by atoms with Crippen molar-refractivity contribution in [3.8, 4) is 11.3 Å². The van der Waals surface area contributed by atoms with E-state index in [1.165, 1.54) is 22.3 Å². The molecular weight excluding hydrogens is 224 g/mol. The fourth-order valence-corrected chi connectivity index (χ4v) is 2.27. The molecule has 1 heterocycles. The molecule has 1 aromatic heterocycles. The van der Waals surface area contributed by atoms with Crippen LogP contribution in [0.4, 0.5) is 0 Å². The van der Waals surface area contributed by atoms with Gasteiger partial charge in [-0.05, 0) is 43.5 Å². The number of hydrogen-bond acceptors (Lipinski definition) is 2. The third-order valence-corrected chi connectivity index (χ3v) is 3.54. The lowest BCUT2D eigenvalue weighted by atomic mass is 9.99. The van der Waals surface area contributed by atoms with Crippen molar-refractivity contribution >= 4 is 0 Å². The molecule has 0 saturated heterocycles. The zero-order valence-corrected chi connectivity index (χ0v) is 11.5. The second-order valence-electron chi connectivity index (χ2n) is 4.84. The number of rotatable bonds is 3. The molecule has 1 aromatic carbocycles. The lowest BCUT2D eigenvalue weighted by Gasteiger charge is -2.11. The van der Waals surface area contributed by atoms with E-state index in [9.17, 15) is 0 Å². The van der Waals surface area contributed by atoms with Gasteiger partial charge in [0.1, 0.15) is 5.82 Å². The van der Waals surface area contributed by atoms with E-state index in [1.54, 1.807) is 0 Å². The number of aliphatic hydroxyl groups excluding tert-OH is 1. The molecule has 3 heteroatoms. The molecule has 0 saturated carbocycles. The molecule has 0 aliphatic heterocycles. The molecule has 0 atom stereocenters. The predicted octanol–water partition coefficient (Wildman–Crippen LogP) is 2.55. The van der Waals surface area contributed by atoms with Gasteiger partial charge in [0.15, 0.2) is 0 Å². The highest BCUT2D eigenvalue weighted by molar-refractivity contribution is 5.65. The molecule has 0 aliphatic carbocycles. The second kappa shape index (κ2) is 4.94. The topological polar surface area (TPSA) is 38.1 Å². The van der Waals surface area contributed by atoms with Gasteiger partial charge < -0.3 is 9.67 Å². The Kier molecular flexibility index (Phi) is 3.53. The first kappa shape index (κ1) is 12.8. The van der Waals surface area contributed by atoms with E-state index in [0.717, 1.165) is 11.5 Å². The van der Waals surface area contributed by atoms with Crippen LogP contribution in [0.5, 0.6) is 0 Å². The quantitative estimate of drug-likeness (QED) is 0.901. The normalized spacial score (nSPS) is 10.9. The Morgan fingerprint density at radius 2 is 1.78 bits per heavy atom. The molecular formula is C15H20N2O. The minimum Gasteiger partial charge on any atom is -0.396 e. The summed E-state index contributed by atoms with van der Waals surface area (Å²) >= 11 is 0. The first-order valence-corrected chi connectivity index (χ1v) is 6.24. The van der Waals surface area contributed by atoms with Crippen LogP contribution in [0.3, 0.4) is 0 Å². The summed E-state index contributed by atoms with van der Waals surface area (Å²) in [5.74, 6) is 0.921. The van der Waals surface area contributed by atoms with Crippen LogP contribution in [-0.4, -0.2) is 21.3 Å². The molecule has 2 aromatic rings. The highest BCUT2D eigenvalue weighted by atomic mass is 16.3. The molecule has 18 heavy (non-hydrogen) atoms. The highest BCUT2D eigenvalue weighted by Crippen LogP contribution is 2.26. The third kappa shape index (κ3) is 2.18. The summed E-state index contributed by atoms with van der Waals surface area (Å²) < 4.78 is 2.06. The van der Waals surface area contributed by atoms with E-state index in [1.807, 2.05) is 13.2 Å². The van der Waals surface area contributed by atoms with E-state index in [2.05, 4.69) is 42.5 Å². The Morgan fingerprint density at radius 3 is 2.44 bits per heavy atom. The maximum Gasteiger partial charge on any atom is 0.111 e. The lowest BCUT2D eigenvalue weighted by Crippen LogP contribution is -2.03. The lowest BCUT2D eigenvalue weighted by molar-refractivity contribution is 0.295. The Balaban J connectivity index is 2.52. The summed E-state index contributed by atoms with van der Waals surface area (Å²) in [6.07, 6.45) is 2.49. The van der Waals surface area contributed by atoms with Gasteiger partial charge in [0.05, 0.1) is 18.5 Å². The Labute approximate surface area is 108 Å². The monoisotopic (exact) mass is 244 g/mol. The van der Waals surface area contributed by atoms with Crippen molar-refractivity contribution in [1.29, 1.82) is 0 Å². The highest BCUT2D eigenvalue weighted by Gasteiger charge is 2.11. The van der Waals surface area contributed by atoms with E-state index in [4.69, 9.17) is 5.11 Å². The molecule has 0 spiro atoms. The molecule has 0 radical (unpaired) electrons. The molecule has 3 nitrogen and oxygen atoms in total. The summed E-state index contributed by atoms with van der Waals surface area (Å²) in [5, 5.41) is 9.01. The van der Waals surface area contributed by atoms with Gasteiger partial charge in [0, 0.05) is 19.0 Å². The van der Waals surface area contributed by atoms with Crippen molar-refractivity contribution in [2.24, 2.45) is 7.05 Å². The zero-order chi connectivity index (χ0) is 13.3. The summed E-state index contributed by atoms with van der Waals surface area (Å²) in [4.78, 5) is 4.38. The number of hydrogen-bond donors (Lipinski definition) is 1.